The van der Waals surface area contributed by atoms with Gasteiger partial charge >= 0.3 is 12.1 Å². The first-order valence-electron chi connectivity index (χ1n) is 12.0. The van der Waals surface area contributed by atoms with Gasteiger partial charge in [-0.15, -0.1) is 0 Å². The van der Waals surface area contributed by atoms with Crippen LogP contribution in [0.25, 0.3) is 0 Å². The number of amides is 2. The number of carbonyl (C=O) groups is 3. The molecule has 1 aliphatic rings. The Morgan fingerprint density at radius 3 is 2.19 bits per heavy atom. The van der Waals surface area contributed by atoms with Crippen molar-refractivity contribution >= 4 is 23.9 Å². The van der Waals surface area contributed by atoms with Gasteiger partial charge in [-0.2, -0.15) is 0 Å². The number of hydrogen-bond acceptors (Lipinski definition) is 6. The quantitative estimate of drug-likeness (QED) is 0.187. The first-order valence-corrected chi connectivity index (χ1v) is 12.0. The maximum absolute atomic E-state index is 13.1. The average molecular weight is 496 g/mol. The third kappa shape index (κ3) is 8.30. The van der Waals surface area contributed by atoms with Crippen molar-refractivity contribution in [3.8, 4) is 0 Å². The second-order valence-electron chi connectivity index (χ2n) is 8.49. The van der Waals surface area contributed by atoms with E-state index in [-0.39, 0.29) is 25.6 Å². The Bertz CT molecular complexity index is 1030. The Morgan fingerprint density at radius 1 is 0.972 bits per heavy atom. The molecule has 1 heterocycles. The number of nitrogens with two attached hydrogens (primary N) is 2. The summed E-state index contributed by atoms with van der Waals surface area (Å²) in [6.45, 7) is 0.909. The van der Waals surface area contributed by atoms with E-state index in [4.69, 9.17) is 20.9 Å². The molecular formula is C26H33N5O5. The van der Waals surface area contributed by atoms with E-state index in [0.717, 1.165) is 11.1 Å². The molecule has 1 saturated heterocycles. The van der Waals surface area contributed by atoms with Crippen LogP contribution in [0.15, 0.2) is 65.7 Å². The second-order valence-corrected chi connectivity index (χ2v) is 8.49. The number of guanidine groups is 1. The average Bonchev–Trinajstić information content (AvgIpc) is 3.39. The fourth-order valence-electron chi connectivity index (χ4n) is 3.91. The van der Waals surface area contributed by atoms with E-state index >= 15 is 0 Å². The molecule has 36 heavy (non-hydrogen) atoms. The van der Waals surface area contributed by atoms with E-state index in [0.29, 0.717) is 32.4 Å². The van der Waals surface area contributed by atoms with Gasteiger partial charge in [-0.3, -0.25) is 14.7 Å². The third-order valence-corrected chi connectivity index (χ3v) is 5.77. The number of esters is 1. The van der Waals surface area contributed by atoms with Gasteiger partial charge in [0.15, 0.2) is 5.96 Å². The molecule has 2 amide bonds. The number of carbonyl (C=O) groups excluding carboxylic acids is 3. The predicted molar refractivity (Wildman–Crippen MR) is 134 cm³/mol. The molecule has 1 fully saturated rings. The summed E-state index contributed by atoms with van der Waals surface area (Å²) >= 11 is 0. The summed E-state index contributed by atoms with van der Waals surface area (Å²) in [6.07, 6.45) is 1.31. The highest BCUT2D eigenvalue weighted by Crippen LogP contribution is 2.20. The zero-order chi connectivity index (χ0) is 25.8. The van der Waals surface area contributed by atoms with Crippen LogP contribution in [0.4, 0.5) is 4.79 Å². The van der Waals surface area contributed by atoms with Crippen LogP contribution in [0.1, 0.15) is 36.8 Å². The summed E-state index contributed by atoms with van der Waals surface area (Å²) in [4.78, 5) is 44.0. The lowest BCUT2D eigenvalue weighted by Gasteiger charge is -2.25. The Morgan fingerprint density at radius 2 is 1.58 bits per heavy atom. The van der Waals surface area contributed by atoms with Crippen LogP contribution in [0, 0.1) is 0 Å². The van der Waals surface area contributed by atoms with Gasteiger partial charge in [0.2, 0.25) is 5.91 Å². The van der Waals surface area contributed by atoms with Crippen molar-refractivity contribution in [1.82, 2.24) is 10.2 Å². The number of hydrogen-bond donors (Lipinski definition) is 3. The molecule has 5 N–H and O–H groups in total. The number of aliphatic imine (C=N–C) groups is 1. The van der Waals surface area contributed by atoms with Gasteiger partial charge in [-0.1, -0.05) is 60.7 Å². The van der Waals surface area contributed by atoms with E-state index in [2.05, 4.69) is 10.3 Å². The maximum Gasteiger partial charge on any atom is 0.410 e. The van der Waals surface area contributed by atoms with Crippen molar-refractivity contribution < 1.29 is 23.9 Å². The Labute approximate surface area is 210 Å². The van der Waals surface area contributed by atoms with Gasteiger partial charge in [0.25, 0.3) is 0 Å². The molecule has 0 spiro atoms. The summed E-state index contributed by atoms with van der Waals surface area (Å²) in [7, 11) is 0. The molecule has 10 heteroatoms. The molecule has 3 rings (SSSR count). The molecule has 2 aromatic rings. The summed E-state index contributed by atoms with van der Waals surface area (Å²) in [6, 6.07) is 16.9. The monoisotopic (exact) mass is 495 g/mol. The summed E-state index contributed by atoms with van der Waals surface area (Å²) in [5.74, 6) is -1.03. The first-order chi connectivity index (χ1) is 17.4. The molecule has 0 radical (unpaired) electrons. The van der Waals surface area contributed by atoms with Crippen LogP contribution in [0.5, 0.6) is 0 Å². The van der Waals surface area contributed by atoms with Crippen molar-refractivity contribution in [3.63, 3.8) is 0 Å². The van der Waals surface area contributed by atoms with Crippen LogP contribution in [0.2, 0.25) is 0 Å². The van der Waals surface area contributed by atoms with Crippen molar-refractivity contribution in [3.05, 3.63) is 71.8 Å². The van der Waals surface area contributed by atoms with Crippen molar-refractivity contribution in [2.24, 2.45) is 16.5 Å². The summed E-state index contributed by atoms with van der Waals surface area (Å²) in [5.41, 5.74) is 12.4. The zero-order valence-electron chi connectivity index (χ0n) is 20.2. The number of rotatable bonds is 11. The minimum absolute atomic E-state index is 0.0437. The van der Waals surface area contributed by atoms with Crippen molar-refractivity contribution in [2.75, 3.05) is 13.1 Å². The van der Waals surface area contributed by atoms with Crippen LogP contribution < -0.4 is 16.8 Å². The summed E-state index contributed by atoms with van der Waals surface area (Å²) < 4.78 is 10.9. The normalized spacial score (nSPS) is 15.6. The van der Waals surface area contributed by atoms with E-state index in [1.807, 2.05) is 60.7 Å². The van der Waals surface area contributed by atoms with Crippen molar-refractivity contribution in [1.29, 1.82) is 0 Å². The van der Waals surface area contributed by atoms with Gasteiger partial charge in [0, 0.05) is 13.1 Å². The van der Waals surface area contributed by atoms with E-state index < -0.39 is 30.1 Å². The maximum atomic E-state index is 13.1. The minimum Gasteiger partial charge on any atom is -0.459 e. The van der Waals surface area contributed by atoms with Gasteiger partial charge < -0.3 is 26.3 Å². The molecule has 0 aromatic heterocycles. The number of nitrogens with zero attached hydrogens (tertiary/aromatic N) is 2. The van der Waals surface area contributed by atoms with Crippen LogP contribution in [0.3, 0.4) is 0 Å². The number of benzene rings is 2. The van der Waals surface area contributed by atoms with Crippen LogP contribution in [-0.4, -0.2) is 54.0 Å². The first kappa shape index (κ1) is 26.5. The topological polar surface area (TPSA) is 149 Å². The van der Waals surface area contributed by atoms with Gasteiger partial charge in [0.05, 0.1) is 0 Å². The SMILES string of the molecule is NC(N)=NCCC[C@H](NC(=O)C1CCCN1C(=O)OCc1ccccc1)C(=O)OCc1ccccc1. The second kappa shape index (κ2) is 13.7. The van der Waals surface area contributed by atoms with Crippen molar-refractivity contribution in [2.45, 2.75) is 51.0 Å². The molecular weight excluding hydrogens is 462 g/mol. The highest BCUT2D eigenvalue weighted by molar-refractivity contribution is 5.90. The number of likely N-dealkylation sites (tertiary alicyclic amines) is 1. The van der Waals surface area contributed by atoms with Gasteiger partial charge in [-0.25, -0.2) is 9.59 Å². The third-order valence-electron chi connectivity index (χ3n) is 5.77. The highest BCUT2D eigenvalue weighted by Gasteiger charge is 2.37. The molecule has 192 valence electrons. The van der Waals surface area contributed by atoms with E-state index in [1.54, 1.807) is 0 Å². The fraction of sp³-hybridized carbons (Fsp3) is 0.385. The van der Waals surface area contributed by atoms with Crippen LogP contribution >= 0.6 is 0 Å². The molecule has 0 bridgehead atoms. The zero-order valence-corrected chi connectivity index (χ0v) is 20.2. The largest absolute Gasteiger partial charge is 0.459 e. The molecule has 1 unspecified atom stereocenters. The summed E-state index contributed by atoms with van der Waals surface area (Å²) in [5, 5.41) is 2.77. The standard InChI is InChI=1S/C26H33N5O5/c27-25(28)29-15-7-13-21(24(33)35-17-19-9-3-1-4-10-19)30-23(32)22-14-8-16-31(22)26(34)36-18-20-11-5-2-6-12-20/h1-6,9-12,21-22H,7-8,13-18H2,(H,30,32)(H4,27,28,29)/t21-,22?/m0/s1. The predicted octanol–water partition coefficient (Wildman–Crippen LogP) is 2.07. The minimum atomic E-state index is -0.904. The lowest BCUT2D eigenvalue weighted by atomic mass is 10.1. The smallest absolute Gasteiger partial charge is 0.410 e. The molecule has 0 saturated carbocycles. The van der Waals surface area contributed by atoms with Gasteiger partial charge in [-0.05, 0) is 36.8 Å². The molecule has 1 aliphatic heterocycles. The Balaban J connectivity index is 1.59. The fourth-order valence-corrected chi connectivity index (χ4v) is 3.91. The Kier molecular flexibility index (Phi) is 10.1. The number of nitrogens with one attached hydrogen (secondary N) is 1. The highest BCUT2D eigenvalue weighted by atomic mass is 16.6. The van der Waals surface area contributed by atoms with Gasteiger partial charge in [0.1, 0.15) is 25.3 Å². The molecule has 2 aromatic carbocycles. The molecule has 10 nitrogen and oxygen atoms in total. The lowest BCUT2D eigenvalue weighted by Crippen LogP contribution is -2.51. The molecule has 2 atom stereocenters. The Hall–Kier alpha value is -4.08. The van der Waals surface area contributed by atoms with E-state index in [1.165, 1.54) is 4.90 Å². The van der Waals surface area contributed by atoms with Crippen LogP contribution in [-0.2, 0) is 32.3 Å². The van der Waals surface area contributed by atoms with E-state index in [9.17, 15) is 14.4 Å². The lowest BCUT2D eigenvalue weighted by molar-refractivity contribution is -0.149. The number of ether oxygens (including phenoxy) is 2. The molecule has 0 aliphatic carbocycles.